The summed E-state index contributed by atoms with van der Waals surface area (Å²) in [5, 5.41) is 1.11. The van der Waals surface area contributed by atoms with Crippen molar-refractivity contribution < 1.29 is 4.79 Å². The predicted molar refractivity (Wildman–Crippen MR) is 106 cm³/mol. The molecule has 3 heterocycles. The number of para-hydroxylation sites is 1. The maximum Gasteiger partial charge on any atom is 0.256 e. The minimum absolute atomic E-state index is 0.153. The smallest absolute Gasteiger partial charge is 0.256 e. The minimum Gasteiger partial charge on any atom is -0.348 e. The number of amides is 1. The molecule has 0 bridgehead atoms. The zero-order valence-electron chi connectivity index (χ0n) is 15.9. The van der Waals surface area contributed by atoms with E-state index in [9.17, 15) is 4.79 Å². The summed E-state index contributed by atoms with van der Waals surface area (Å²) < 4.78 is 2.45. The number of imidazole rings is 1. The van der Waals surface area contributed by atoms with Crippen molar-refractivity contribution in [3.05, 3.63) is 53.2 Å². The second-order valence-corrected chi connectivity index (χ2v) is 8.05. The number of benzene rings is 1. The third-order valence-corrected chi connectivity index (χ3v) is 6.39. The zero-order valence-corrected chi connectivity index (χ0v) is 15.9. The van der Waals surface area contributed by atoms with Crippen molar-refractivity contribution in [2.24, 2.45) is 5.92 Å². The van der Waals surface area contributed by atoms with Crippen LogP contribution >= 0.6 is 0 Å². The van der Waals surface area contributed by atoms with Crippen LogP contribution in [0.2, 0.25) is 0 Å². The van der Waals surface area contributed by atoms with Gasteiger partial charge in [-0.2, -0.15) is 0 Å². The fourth-order valence-corrected chi connectivity index (χ4v) is 4.89. The molecule has 140 valence electrons. The van der Waals surface area contributed by atoms with Crippen molar-refractivity contribution in [3.8, 4) is 0 Å². The van der Waals surface area contributed by atoms with Crippen molar-refractivity contribution in [1.82, 2.24) is 19.4 Å². The van der Waals surface area contributed by atoms with E-state index in [1.165, 1.54) is 36.9 Å². The Balaban J connectivity index is 1.53. The minimum atomic E-state index is 0.153. The number of carbonyl (C=O) groups is 1. The molecule has 1 aromatic carbocycles. The number of nitrogens with one attached hydrogen (secondary N) is 1. The number of H-pyrrole nitrogens is 1. The van der Waals surface area contributed by atoms with Gasteiger partial charge in [0.25, 0.3) is 5.91 Å². The standard InChI is InChI=1S/C22H26N4O/c1-15-18(24-14-23-15)13-25-11-10-20-21(22(25)27)17-8-4-5-9-19(17)26(20)12-16-6-2-3-7-16/h4-5,8-9,14,16H,2-3,6-7,10-13H2,1H3,(H,23,24). The summed E-state index contributed by atoms with van der Waals surface area (Å²) in [5.41, 5.74) is 5.38. The van der Waals surface area contributed by atoms with Crippen LogP contribution < -0.4 is 0 Å². The van der Waals surface area contributed by atoms with Crippen molar-refractivity contribution >= 4 is 16.8 Å². The number of hydrogen-bond donors (Lipinski definition) is 1. The highest BCUT2D eigenvalue weighted by Gasteiger charge is 2.32. The van der Waals surface area contributed by atoms with E-state index in [4.69, 9.17) is 0 Å². The number of aromatic nitrogens is 3. The molecule has 0 radical (unpaired) electrons. The van der Waals surface area contributed by atoms with Crippen LogP contribution in [-0.4, -0.2) is 31.9 Å². The first-order valence-corrected chi connectivity index (χ1v) is 10.1. The Kier molecular flexibility index (Phi) is 4.03. The monoisotopic (exact) mass is 362 g/mol. The van der Waals surface area contributed by atoms with Gasteiger partial charge in [-0.05, 0) is 31.7 Å². The van der Waals surface area contributed by atoms with E-state index in [2.05, 4.69) is 32.7 Å². The van der Waals surface area contributed by atoms with Crippen LogP contribution in [0.25, 0.3) is 10.9 Å². The number of nitrogens with zero attached hydrogens (tertiary/aromatic N) is 3. The van der Waals surface area contributed by atoms with Crippen molar-refractivity contribution in [3.63, 3.8) is 0 Å². The van der Waals surface area contributed by atoms with Gasteiger partial charge in [-0.3, -0.25) is 4.79 Å². The van der Waals surface area contributed by atoms with Crippen LogP contribution in [0.4, 0.5) is 0 Å². The highest BCUT2D eigenvalue weighted by Crippen LogP contribution is 2.34. The molecule has 2 aromatic heterocycles. The lowest BCUT2D eigenvalue weighted by Gasteiger charge is -2.28. The van der Waals surface area contributed by atoms with Gasteiger partial charge in [-0.1, -0.05) is 31.0 Å². The summed E-state index contributed by atoms with van der Waals surface area (Å²) in [6, 6.07) is 8.43. The van der Waals surface area contributed by atoms with E-state index >= 15 is 0 Å². The first kappa shape index (κ1) is 16.6. The van der Waals surface area contributed by atoms with Gasteiger partial charge in [0.05, 0.1) is 24.1 Å². The van der Waals surface area contributed by atoms with E-state index in [1.807, 2.05) is 17.9 Å². The van der Waals surface area contributed by atoms with Gasteiger partial charge in [0.1, 0.15) is 0 Å². The van der Waals surface area contributed by atoms with Gasteiger partial charge in [-0.15, -0.1) is 0 Å². The van der Waals surface area contributed by atoms with Crippen LogP contribution in [0.5, 0.6) is 0 Å². The van der Waals surface area contributed by atoms with Crippen molar-refractivity contribution in [1.29, 1.82) is 0 Å². The summed E-state index contributed by atoms with van der Waals surface area (Å²) in [6.07, 6.45) is 7.97. The maximum atomic E-state index is 13.4. The third kappa shape index (κ3) is 2.76. The van der Waals surface area contributed by atoms with Crippen LogP contribution in [0.15, 0.2) is 30.6 Å². The molecule has 1 amide bonds. The molecule has 3 aromatic rings. The van der Waals surface area contributed by atoms with E-state index in [-0.39, 0.29) is 5.91 Å². The number of aromatic amines is 1. The summed E-state index contributed by atoms with van der Waals surface area (Å²) in [6.45, 7) is 4.41. The molecule has 5 heteroatoms. The number of aryl methyl sites for hydroxylation is 1. The number of carbonyl (C=O) groups excluding carboxylic acids is 1. The third-order valence-electron chi connectivity index (χ3n) is 6.39. The quantitative estimate of drug-likeness (QED) is 0.761. The van der Waals surface area contributed by atoms with Gasteiger partial charge < -0.3 is 14.5 Å². The van der Waals surface area contributed by atoms with Crippen LogP contribution in [0.3, 0.4) is 0 Å². The number of rotatable bonds is 4. The molecule has 1 fully saturated rings. The lowest BCUT2D eigenvalue weighted by molar-refractivity contribution is 0.0724. The number of hydrogen-bond acceptors (Lipinski definition) is 2. The average molecular weight is 362 g/mol. The van der Waals surface area contributed by atoms with E-state index in [0.717, 1.165) is 47.8 Å². The first-order valence-electron chi connectivity index (χ1n) is 10.1. The van der Waals surface area contributed by atoms with E-state index < -0.39 is 0 Å². The maximum absolute atomic E-state index is 13.4. The Morgan fingerprint density at radius 2 is 2.04 bits per heavy atom. The molecule has 1 aliphatic heterocycles. The van der Waals surface area contributed by atoms with Gasteiger partial charge >= 0.3 is 0 Å². The lowest BCUT2D eigenvalue weighted by atomic mass is 10.0. The molecule has 0 unspecified atom stereocenters. The Morgan fingerprint density at radius 1 is 1.22 bits per heavy atom. The summed E-state index contributed by atoms with van der Waals surface area (Å²) >= 11 is 0. The second kappa shape index (κ2) is 6.55. The Morgan fingerprint density at radius 3 is 2.81 bits per heavy atom. The SMILES string of the molecule is Cc1[nH]cnc1CN1CCc2c(c3ccccc3n2CC2CCCC2)C1=O. The number of fused-ring (bicyclic) bond motifs is 3. The van der Waals surface area contributed by atoms with Crippen LogP contribution in [-0.2, 0) is 19.5 Å². The van der Waals surface area contributed by atoms with Gasteiger partial charge in [-0.25, -0.2) is 4.98 Å². The normalized spacial score (nSPS) is 17.8. The topological polar surface area (TPSA) is 53.9 Å². The molecule has 27 heavy (non-hydrogen) atoms. The fourth-order valence-electron chi connectivity index (χ4n) is 4.89. The molecule has 1 N–H and O–H groups in total. The van der Waals surface area contributed by atoms with Crippen LogP contribution in [0, 0.1) is 12.8 Å². The Hall–Kier alpha value is -2.56. The lowest BCUT2D eigenvalue weighted by Crippen LogP contribution is -2.37. The molecular formula is C22H26N4O. The van der Waals surface area contributed by atoms with Gasteiger partial charge in [0.2, 0.25) is 0 Å². The summed E-state index contributed by atoms with van der Waals surface area (Å²) in [7, 11) is 0. The molecule has 0 saturated heterocycles. The molecule has 0 spiro atoms. The van der Waals surface area contributed by atoms with Crippen molar-refractivity contribution in [2.45, 2.75) is 52.1 Å². The Labute approximate surface area is 159 Å². The average Bonchev–Trinajstić information content (AvgIpc) is 3.39. The molecular weight excluding hydrogens is 336 g/mol. The second-order valence-electron chi connectivity index (χ2n) is 8.05. The molecule has 1 aliphatic carbocycles. The zero-order chi connectivity index (χ0) is 18.4. The summed E-state index contributed by atoms with van der Waals surface area (Å²) in [5.74, 6) is 0.907. The van der Waals surface area contributed by atoms with E-state index in [1.54, 1.807) is 6.33 Å². The molecule has 2 aliphatic rings. The van der Waals surface area contributed by atoms with Gasteiger partial charge in [0, 0.05) is 41.8 Å². The molecule has 1 saturated carbocycles. The van der Waals surface area contributed by atoms with Gasteiger partial charge in [0.15, 0.2) is 0 Å². The summed E-state index contributed by atoms with van der Waals surface area (Å²) in [4.78, 5) is 22.8. The highest BCUT2D eigenvalue weighted by atomic mass is 16.2. The molecule has 0 atom stereocenters. The first-order chi connectivity index (χ1) is 13.2. The highest BCUT2D eigenvalue weighted by molar-refractivity contribution is 6.09. The van der Waals surface area contributed by atoms with E-state index in [0.29, 0.717) is 6.54 Å². The van der Waals surface area contributed by atoms with Crippen LogP contribution in [0.1, 0.15) is 53.1 Å². The van der Waals surface area contributed by atoms with Crippen molar-refractivity contribution in [2.75, 3.05) is 6.54 Å². The predicted octanol–water partition coefficient (Wildman–Crippen LogP) is 4.06. The molecule has 5 nitrogen and oxygen atoms in total. The fraction of sp³-hybridized carbons (Fsp3) is 0.455. The largest absolute Gasteiger partial charge is 0.348 e. The Bertz CT molecular complexity index is 993. The molecule has 5 rings (SSSR count).